The number of carbonyl (C=O) groups is 3. The Labute approximate surface area is 206 Å². The van der Waals surface area contributed by atoms with E-state index < -0.39 is 33.3 Å². The summed E-state index contributed by atoms with van der Waals surface area (Å²) in [6.45, 7) is -0.207. The van der Waals surface area contributed by atoms with Crippen LogP contribution in [0.2, 0.25) is 5.02 Å². The molecule has 3 aromatic carbocycles. The van der Waals surface area contributed by atoms with Crippen LogP contribution in [0.1, 0.15) is 36.6 Å². The first kappa shape index (κ1) is 24.3. The molecule has 182 valence electrons. The summed E-state index contributed by atoms with van der Waals surface area (Å²) >= 11 is 6.32. The van der Waals surface area contributed by atoms with Gasteiger partial charge in [-0.3, -0.25) is 29.8 Å². The molecular formula is C23H14ClN3O9. The van der Waals surface area contributed by atoms with Gasteiger partial charge in [-0.05, 0) is 29.8 Å². The minimum absolute atomic E-state index is 0.0749. The minimum Gasteiger partial charge on any atom is -0.496 e. The number of nitrogens with zero attached hydrogens (tertiary/aromatic N) is 3. The molecule has 0 spiro atoms. The van der Waals surface area contributed by atoms with E-state index in [9.17, 15) is 34.6 Å². The molecule has 36 heavy (non-hydrogen) atoms. The van der Waals surface area contributed by atoms with E-state index in [4.69, 9.17) is 21.1 Å². The highest BCUT2D eigenvalue weighted by molar-refractivity contribution is 6.40. The molecule has 1 heterocycles. The molecule has 0 aromatic heterocycles. The monoisotopic (exact) mass is 511 g/mol. The van der Waals surface area contributed by atoms with Crippen molar-refractivity contribution in [3.05, 3.63) is 102 Å². The van der Waals surface area contributed by atoms with Gasteiger partial charge in [0.05, 0.1) is 33.2 Å². The third-order valence-corrected chi connectivity index (χ3v) is 5.64. The Kier molecular flexibility index (Phi) is 6.36. The Morgan fingerprint density at radius 3 is 2.31 bits per heavy atom. The number of rotatable bonds is 7. The number of anilines is 1. The van der Waals surface area contributed by atoms with Gasteiger partial charge in [-0.15, -0.1) is 0 Å². The van der Waals surface area contributed by atoms with E-state index in [0.29, 0.717) is 10.5 Å². The summed E-state index contributed by atoms with van der Waals surface area (Å²) in [7, 11) is 1.24. The van der Waals surface area contributed by atoms with E-state index in [1.165, 1.54) is 49.6 Å². The highest BCUT2D eigenvalue weighted by Gasteiger charge is 2.43. The number of ether oxygens (including phenoxy) is 2. The van der Waals surface area contributed by atoms with Gasteiger partial charge in [0.1, 0.15) is 23.5 Å². The van der Waals surface area contributed by atoms with Gasteiger partial charge in [-0.2, -0.15) is 0 Å². The van der Waals surface area contributed by atoms with Crippen molar-refractivity contribution in [1.29, 1.82) is 0 Å². The zero-order chi connectivity index (χ0) is 26.1. The fraction of sp³-hybridized carbons (Fsp3) is 0.0870. The number of methoxy groups -OCH3 is 1. The molecule has 1 aliphatic heterocycles. The molecule has 0 bridgehead atoms. The fourth-order valence-corrected chi connectivity index (χ4v) is 3.87. The molecule has 0 radical (unpaired) electrons. The molecule has 2 amide bonds. The maximum atomic E-state index is 13.0. The van der Waals surface area contributed by atoms with E-state index in [0.717, 1.165) is 12.1 Å². The fourth-order valence-electron chi connectivity index (χ4n) is 3.62. The van der Waals surface area contributed by atoms with Crippen LogP contribution in [0.25, 0.3) is 0 Å². The Bertz CT molecular complexity index is 1450. The molecule has 0 unspecified atom stereocenters. The first-order valence-corrected chi connectivity index (χ1v) is 10.5. The van der Waals surface area contributed by atoms with Crippen LogP contribution in [0, 0.1) is 20.2 Å². The van der Waals surface area contributed by atoms with Gasteiger partial charge in [0.2, 0.25) is 0 Å². The van der Waals surface area contributed by atoms with Gasteiger partial charge in [0.15, 0.2) is 0 Å². The molecular weight excluding hydrogens is 498 g/mol. The van der Waals surface area contributed by atoms with E-state index in [2.05, 4.69) is 0 Å². The van der Waals surface area contributed by atoms with Crippen molar-refractivity contribution in [3.8, 4) is 5.75 Å². The van der Waals surface area contributed by atoms with Crippen LogP contribution < -0.4 is 9.64 Å². The maximum absolute atomic E-state index is 13.0. The molecule has 3 aromatic rings. The highest BCUT2D eigenvalue weighted by atomic mass is 35.5. The van der Waals surface area contributed by atoms with E-state index in [1.54, 1.807) is 0 Å². The topological polar surface area (TPSA) is 159 Å². The number of hydrogen-bond acceptors (Lipinski definition) is 9. The smallest absolute Gasteiger partial charge is 0.342 e. The quantitative estimate of drug-likeness (QED) is 0.195. The third-order valence-electron chi connectivity index (χ3n) is 5.34. The van der Waals surface area contributed by atoms with Crippen LogP contribution in [0.5, 0.6) is 5.75 Å². The first-order chi connectivity index (χ1) is 17.1. The standard InChI is InChI=1S/C23H14ClN3O9/c1-35-19-10-18(25-21(28)14-3-2-4-17(27(33)34)20(14)22(25)29)16(24)9-15(19)23(30)36-11-12-5-7-13(8-6-12)26(31)32/h2-10H,11H2,1H3. The second kappa shape index (κ2) is 9.43. The number of nitro benzene ring substituents is 2. The number of imide groups is 1. The van der Waals surface area contributed by atoms with Crippen LogP contribution in [-0.4, -0.2) is 34.7 Å². The number of nitro groups is 2. The van der Waals surface area contributed by atoms with Crippen LogP contribution in [0.15, 0.2) is 54.6 Å². The number of amides is 2. The van der Waals surface area contributed by atoms with Crippen LogP contribution in [-0.2, 0) is 11.3 Å². The molecule has 0 N–H and O–H groups in total. The molecule has 0 atom stereocenters. The molecule has 4 rings (SSSR count). The predicted molar refractivity (Wildman–Crippen MR) is 124 cm³/mol. The van der Waals surface area contributed by atoms with Crippen molar-refractivity contribution in [2.45, 2.75) is 6.61 Å². The number of non-ortho nitro benzene ring substituents is 1. The summed E-state index contributed by atoms with van der Waals surface area (Å²) < 4.78 is 10.5. The molecule has 0 aliphatic carbocycles. The average Bonchev–Trinajstić information content (AvgIpc) is 3.12. The van der Waals surface area contributed by atoms with Crippen molar-refractivity contribution in [3.63, 3.8) is 0 Å². The molecule has 1 aliphatic rings. The van der Waals surface area contributed by atoms with Crippen molar-refractivity contribution in [2.75, 3.05) is 12.0 Å². The Balaban J connectivity index is 1.62. The first-order valence-electron chi connectivity index (χ1n) is 10.1. The van der Waals surface area contributed by atoms with Gasteiger partial charge >= 0.3 is 5.97 Å². The molecule has 13 heteroatoms. The Morgan fingerprint density at radius 2 is 1.69 bits per heavy atom. The molecule has 0 saturated heterocycles. The molecule has 12 nitrogen and oxygen atoms in total. The summed E-state index contributed by atoms with van der Waals surface area (Å²) in [6, 6.07) is 11.4. The lowest BCUT2D eigenvalue weighted by molar-refractivity contribution is -0.385. The van der Waals surface area contributed by atoms with Crippen molar-refractivity contribution in [1.82, 2.24) is 0 Å². The van der Waals surface area contributed by atoms with E-state index in [-0.39, 0.29) is 45.4 Å². The largest absolute Gasteiger partial charge is 0.496 e. The highest BCUT2D eigenvalue weighted by Crippen LogP contribution is 2.40. The summed E-state index contributed by atoms with van der Waals surface area (Å²) in [5.74, 6) is -2.69. The normalized spacial score (nSPS) is 12.3. The van der Waals surface area contributed by atoms with E-state index >= 15 is 0 Å². The van der Waals surface area contributed by atoms with Gasteiger partial charge in [-0.1, -0.05) is 17.7 Å². The number of benzene rings is 3. The lowest BCUT2D eigenvalue weighted by Gasteiger charge is -2.18. The molecule has 0 saturated carbocycles. The summed E-state index contributed by atoms with van der Waals surface area (Å²) in [5, 5.41) is 21.9. The number of esters is 1. The Morgan fingerprint density at radius 1 is 1.00 bits per heavy atom. The van der Waals surface area contributed by atoms with Crippen molar-refractivity contribution in [2.24, 2.45) is 0 Å². The second-order valence-electron chi connectivity index (χ2n) is 7.41. The van der Waals surface area contributed by atoms with Gasteiger partial charge in [0.25, 0.3) is 23.2 Å². The average molecular weight is 512 g/mol. The zero-order valence-corrected chi connectivity index (χ0v) is 19.1. The summed E-state index contributed by atoms with van der Waals surface area (Å²) in [4.78, 5) is 60.1. The van der Waals surface area contributed by atoms with Crippen LogP contribution in [0.3, 0.4) is 0 Å². The molecule has 0 fully saturated rings. The van der Waals surface area contributed by atoms with E-state index in [1.807, 2.05) is 0 Å². The van der Waals surface area contributed by atoms with Crippen molar-refractivity contribution >= 4 is 46.4 Å². The Hall–Kier alpha value is -4.84. The summed E-state index contributed by atoms with van der Waals surface area (Å²) in [5.41, 5.74) is -0.930. The lowest BCUT2D eigenvalue weighted by atomic mass is 10.1. The third kappa shape index (κ3) is 4.20. The van der Waals surface area contributed by atoms with Gasteiger partial charge in [-0.25, -0.2) is 9.69 Å². The number of carbonyl (C=O) groups excluding carboxylic acids is 3. The van der Waals surface area contributed by atoms with Crippen molar-refractivity contribution < 1.29 is 33.7 Å². The van der Waals surface area contributed by atoms with Gasteiger partial charge in [0, 0.05) is 24.3 Å². The number of halogens is 1. The lowest BCUT2D eigenvalue weighted by Crippen LogP contribution is -2.30. The zero-order valence-electron chi connectivity index (χ0n) is 18.3. The summed E-state index contributed by atoms with van der Waals surface area (Å²) in [6.07, 6.45) is 0. The van der Waals surface area contributed by atoms with Crippen LogP contribution in [0.4, 0.5) is 17.1 Å². The number of fused-ring (bicyclic) bond motifs is 1. The predicted octanol–water partition coefficient (Wildman–Crippen LogP) is 4.32. The maximum Gasteiger partial charge on any atom is 0.342 e. The minimum atomic E-state index is -0.945. The SMILES string of the molecule is COc1cc(N2C(=O)c3cccc([N+](=O)[O-])c3C2=O)c(Cl)cc1C(=O)OCc1ccc([N+](=O)[O-])cc1. The van der Waals surface area contributed by atoms with Gasteiger partial charge < -0.3 is 9.47 Å². The van der Waals surface area contributed by atoms with Crippen LogP contribution >= 0.6 is 11.6 Å². The second-order valence-corrected chi connectivity index (χ2v) is 7.81. The number of hydrogen-bond donors (Lipinski definition) is 0.